The number of aromatic nitrogens is 1. The van der Waals surface area contributed by atoms with E-state index >= 15 is 0 Å². The Bertz CT molecular complexity index is 675. The van der Waals surface area contributed by atoms with Crippen LogP contribution in [0.1, 0.15) is 26.3 Å². The number of anilines is 1. The van der Waals surface area contributed by atoms with Gasteiger partial charge in [-0.15, -0.1) is 0 Å². The zero-order valence-corrected chi connectivity index (χ0v) is 10.1. The number of carbonyl (C=O) groups is 2. The van der Waals surface area contributed by atoms with Crippen LogP contribution in [0, 0.1) is 6.92 Å². The van der Waals surface area contributed by atoms with Crippen LogP contribution in [0.2, 0.25) is 0 Å². The van der Waals surface area contributed by atoms with E-state index in [1.165, 1.54) is 24.5 Å². The highest BCUT2D eigenvalue weighted by Crippen LogP contribution is 2.33. The lowest BCUT2D eigenvalue weighted by atomic mass is 10.1. The second-order valence-electron chi connectivity index (χ2n) is 4.29. The van der Waals surface area contributed by atoms with Crippen molar-refractivity contribution in [2.75, 3.05) is 4.90 Å². The van der Waals surface area contributed by atoms with Crippen LogP contribution in [-0.2, 0) is 0 Å². The maximum atomic E-state index is 12.3. The number of phenols is 1. The van der Waals surface area contributed by atoms with Crippen LogP contribution < -0.4 is 4.90 Å². The maximum Gasteiger partial charge on any atom is 0.267 e. The van der Waals surface area contributed by atoms with Gasteiger partial charge < -0.3 is 5.11 Å². The van der Waals surface area contributed by atoms with Gasteiger partial charge in [-0.2, -0.15) is 0 Å². The van der Waals surface area contributed by atoms with E-state index in [0.29, 0.717) is 16.8 Å². The van der Waals surface area contributed by atoms with Crippen molar-refractivity contribution in [3.63, 3.8) is 0 Å². The Hall–Kier alpha value is -2.69. The van der Waals surface area contributed by atoms with E-state index in [4.69, 9.17) is 0 Å². The van der Waals surface area contributed by atoms with Gasteiger partial charge in [0.25, 0.3) is 11.8 Å². The molecule has 0 saturated heterocycles. The average Bonchev–Trinajstić information content (AvgIpc) is 2.67. The molecular formula is C14H10N2O3. The standard InChI is InChI=1S/C14H10N2O3/c1-8-11(3-2-4-12(8)17)16-13(18)9-5-6-15-7-10(9)14(16)19/h2-7,17H,1H3. The first-order valence-corrected chi connectivity index (χ1v) is 5.72. The Balaban J connectivity index is 2.17. The first kappa shape index (κ1) is 11.4. The van der Waals surface area contributed by atoms with Crippen molar-refractivity contribution in [3.8, 4) is 5.75 Å². The highest BCUT2D eigenvalue weighted by Gasteiger charge is 2.37. The van der Waals surface area contributed by atoms with Crippen molar-refractivity contribution < 1.29 is 14.7 Å². The van der Waals surface area contributed by atoms with Gasteiger partial charge in [0.05, 0.1) is 16.8 Å². The lowest BCUT2D eigenvalue weighted by molar-refractivity contribution is 0.0926. The van der Waals surface area contributed by atoms with Crippen LogP contribution >= 0.6 is 0 Å². The van der Waals surface area contributed by atoms with Gasteiger partial charge in [-0.25, -0.2) is 4.90 Å². The summed E-state index contributed by atoms with van der Waals surface area (Å²) in [4.78, 5) is 29.5. The summed E-state index contributed by atoms with van der Waals surface area (Å²) < 4.78 is 0. The van der Waals surface area contributed by atoms with Gasteiger partial charge in [-0.05, 0) is 25.1 Å². The summed E-state index contributed by atoms with van der Waals surface area (Å²) in [5, 5.41) is 9.69. The van der Waals surface area contributed by atoms with Gasteiger partial charge in [-0.1, -0.05) is 6.07 Å². The third-order valence-corrected chi connectivity index (χ3v) is 3.21. The van der Waals surface area contributed by atoms with Crippen LogP contribution in [0.4, 0.5) is 5.69 Å². The van der Waals surface area contributed by atoms with Gasteiger partial charge in [0.1, 0.15) is 5.75 Å². The SMILES string of the molecule is Cc1c(O)cccc1N1C(=O)c2ccncc2C1=O. The summed E-state index contributed by atoms with van der Waals surface area (Å²) in [6.45, 7) is 1.66. The Labute approximate surface area is 109 Å². The minimum atomic E-state index is -0.415. The van der Waals surface area contributed by atoms with Crippen molar-refractivity contribution in [1.29, 1.82) is 0 Å². The fourth-order valence-electron chi connectivity index (χ4n) is 2.16. The molecule has 19 heavy (non-hydrogen) atoms. The predicted octanol–water partition coefficient (Wildman–Crippen LogP) is 1.90. The molecule has 1 aliphatic heterocycles. The van der Waals surface area contributed by atoms with Crippen LogP contribution in [-0.4, -0.2) is 21.9 Å². The van der Waals surface area contributed by atoms with Gasteiger partial charge in [0.15, 0.2) is 0 Å². The van der Waals surface area contributed by atoms with E-state index in [9.17, 15) is 14.7 Å². The molecule has 2 amide bonds. The summed E-state index contributed by atoms with van der Waals surface area (Å²) in [5.74, 6) is -0.759. The number of aromatic hydroxyl groups is 1. The molecule has 0 unspecified atom stereocenters. The summed E-state index contributed by atoms with van der Waals surface area (Å²) in [6.07, 6.45) is 2.86. The molecule has 0 atom stereocenters. The molecule has 0 fully saturated rings. The number of fused-ring (bicyclic) bond motifs is 1. The summed E-state index contributed by atoms with van der Waals surface area (Å²) in [7, 11) is 0. The zero-order valence-electron chi connectivity index (χ0n) is 10.1. The Morgan fingerprint density at radius 3 is 2.58 bits per heavy atom. The zero-order chi connectivity index (χ0) is 13.6. The summed E-state index contributed by atoms with van der Waals surface area (Å²) >= 11 is 0. The van der Waals surface area contributed by atoms with Crippen molar-refractivity contribution >= 4 is 17.5 Å². The second-order valence-corrected chi connectivity index (χ2v) is 4.29. The minimum absolute atomic E-state index is 0.0483. The Kier molecular flexibility index (Phi) is 2.35. The number of imide groups is 1. The van der Waals surface area contributed by atoms with Gasteiger partial charge in [-0.3, -0.25) is 14.6 Å². The average molecular weight is 254 g/mol. The molecular weight excluding hydrogens is 244 g/mol. The summed E-state index contributed by atoms with van der Waals surface area (Å²) in [5.41, 5.74) is 1.51. The second kappa shape index (κ2) is 3.91. The van der Waals surface area contributed by atoms with E-state index in [1.807, 2.05) is 0 Å². The van der Waals surface area contributed by atoms with E-state index < -0.39 is 11.8 Å². The predicted molar refractivity (Wildman–Crippen MR) is 68.2 cm³/mol. The molecule has 1 aromatic heterocycles. The van der Waals surface area contributed by atoms with Gasteiger partial charge in [0.2, 0.25) is 0 Å². The van der Waals surface area contributed by atoms with Crippen LogP contribution in [0.15, 0.2) is 36.7 Å². The van der Waals surface area contributed by atoms with E-state index in [2.05, 4.69) is 4.98 Å². The largest absolute Gasteiger partial charge is 0.508 e. The lowest BCUT2D eigenvalue weighted by Crippen LogP contribution is -2.30. The van der Waals surface area contributed by atoms with E-state index in [-0.39, 0.29) is 11.3 Å². The van der Waals surface area contributed by atoms with Crippen molar-refractivity contribution in [1.82, 2.24) is 4.98 Å². The quantitative estimate of drug-likeness (QED) is 0.789. The lowest BCUT2D eigenvalue weighted by Gasteiger charge is -2.16. The highest BCUT2D eigenvalue weighted by atomic mass is 16.3. The minimum Gasteiger partial charge on any atom is -0.508 e. The molecule has 5 heteroatoms. The molecule has 1 aliphatic rings. The van der Waals surface area contributed by atoms with Crippen LogP contribution in [0.5, 0.6) is 5.75 Å². The Morgan fingerprint density at radius 2 is 1.84 bits per heavy atom. The van der Waals surface area contributed by atoms with Gasteiger partial charge in [0, 0.05) is 18.0 Å². The van der Waals surface area contributed by atoms with Crippen molar-refractivity contribution in [2.24, 2.45) is 0 Å². The Morgan fingerprint density at radius 1 is 1.11 bits per heavy atom. The highest BCUT2D eigenvalue weighted by molar-refractivity contribution is 6.34. The summed E-state index contributed by atoms with van der Waals surface area (Å²) in [6, 6.07) is 6.26. The molecule has 3 rings (SSSR count). The molecule has 0 bridgehead atoms. The molecule has 0 saturated carbocycles. The molecule has 0 radical (unpaired) electrons. The molecule has 2 heterocycles. The molecule has 1 N–H and O–H groups in total. The molecule has 1 aromatic carbocycles. The molecule has 5 nitrogen and oxygen atoms in total. The molecule has 2 aromatic rings. The normalized spacial score (nSPS) is 13.8. The number of rotatable bonds is 1. The smallest absolute Gasteiger partial charge is 0.267 e. The van der Waals surface area contributed by atoms with Crippen molar-refractivity contribution in [3.05, 3.63) is 53.3 Å². The molecule has 0 spiro atoms. The topological polar surface area (TPSA) is 70.5 Å². The van der Waals surface area contributed by atoms with E-state index in [1.54, 1.807) is 19.1 Å². The van der Waals surface area contributed by atoms with E-state index in [0.717, 1.165) is 4.90 Å². The van der Waals surface area contributed by atoms with Crippen LogP contribution in [0.3, 0.4) is 0 Å². The number of phenolic OH excluding ortho intramolecular Hbond substituents is 1. The maximum absolute atomic E-state index is 12.3. The fraction of sp³-hybridized carbons (Fsp3) is 0.0714. The number of pyridine rings is 1. The number of hydrogen-bond donors (Lipinski definition) is 1. The monoisotopic (exact) mass is 254 g/mol. The fourth-order valence-corrected chi connectivity index (χ4v) is 2.16. The first-order chi connectivity index (χ1) is 9.11. The van der Waals surface area contributed by atoms with Crippen molar-refractivity contribution in [2.45, 2.75) is 6.92 Å². The third-order valence-electron chi connectivity index (χ3n) is 3.21. The van der Waals surface area contributed by atoms with Gasteiger partial charge >= 0.3 is 0 Å². The third kappa shape index (κ3) is 1.52. The molecule has 0 aliphatic carbocycles. The number of amides is 2. The number of benzene rings is 1. The number of carbonyl (C=O) groups excluding carboxylic acids is 2. The van der Waals surface area contributed by atoms with Crippen LogP contribution in [0.25, 0.3) is 0 Å². The first-order valence-electron chi connectivity index (χ1n) is 5.72. The molecule has 94 valence electrons. The number of hydrogen-bond acceptors (Lipinski definition) is 4. The number of nitrogens with zero attached hydrogens (tertiary/aromatic N) is 2.